The Morgan fingerprint density at radius 2 is 2.03 bits per heavy atom. The van der Waals surface area contributed by atoms with Gasteiger partial charge in [0.2, 0.25) is 0 Å². The Labute approximate surface area is 219 Å². The molecule has 182 valence electrons. The average Bonchev–Trinajstić information content (AvgIpc) is 3.36. The number of fused-ring (bicyclic) bond motifs is 1. The van der Waals surface area contributed by atoms with Crippen LogP contribution in [0.2, 0.25) is 0 Å². The number of hydrogen-bond donors (Lipinski definition) is 2. The number of halogens is 1. The van der Waals surface area contributed by atoms with E-state index in [2.05, 4.69) is 71.9 Å². The third kappa shape index (κ3) is 7.30. The number of aliphatic imine (C=N–C) groups is 1. The number of ether oxygens (including phenoxy) is 2. The molecule has 6 nitrogen and oxygen atoms in total. The zero-order chi connectivity index (χ0) is 22.9. The van der Waals surface area contributed by atoms with E-state index in [1.54, 1.807) is 0 Å². The number of aromatic nitrogens is 1. The van der Waals surface area contributed by atoms with E-state index in [9.17, 15) is 0 Å². The van der Waals surface area contributed by atoms with Gasteiger partial charge in [0.05, 0.1) is 25.3 Å². The Hall–Kier alpha value is -2.39. The van der Waals surface area contributed by atoms with Crippen molar-refractivity contribution >= 4 is 40.8 Å². The summed E-state index contributed by atoms with van der Waals surface area (Å²) < 4.78 is 11.7. The van der Waals surface area contributed by atoms with Gasteiger partial charge >= 0.3 is 0 Å². The van der Waals surface area contributed by atoms with Crippen molar-refractivity contribution in [3.8, 4) is 5.75 Å². The van der Waals surface area contributed by atoms with E-state index in [0.29, 0.717) is 19.1 Å². The maximum Gasteiger partial charge on any atom is 0.191 e. The monoisotopic (exact) mass is 574 g/mol. The molecule has 1 atom stereocenters. The van der Waals surface area contributed by atoms with Gasteiger partial charge in [-0.05, 0) is 49.9 Å². The molecular weight excluding hydrogens is 539 g/mol. The molecule has 1 aliphatic rings. The van der Waals surface area contributed by atoms with Gasteiger partial charge in [-0.25, -0.2) is 4.99 Å². The molecule has 1 saturated heterocycles. The Morgan fingerprint density at radius 1 is 1.15 bits per heavy atom. The van der Waals surface area contributed by atoms with E-state index in [0.717, 1.165) is 61.9 Å². The summed E-state index contributed by atoms with van der Waals surface area (Å²) in [6.45, 7) is 8.63. The summed E-state index contributed by atoms with van der Waals surface area (Å²) in [7, 11) is 0. The van der Waals surface area contributed by atoms with Crippen LogP contribution < -0.4 is 15.4 Å². The van der Waals surface area contributed by atoms with Crippen LogP contribution in [-0.4, -0.2) is 43.9 Å². The van der Waals surface area contributed by atoms with Gasteiger partial charge in [-0.3, -0.25) is 4.98 Å². The second-order valence-corrected chi connectivity index (χ2v) is 8.52. The van der Waals surface area contributed by atoms with Crippen molar-refractivity contribution in [2.24, 2.45) is 10.9 Å². The summed E-state index contributed by atoms with van der Waals surface area (Å²) in [4.78, 5) is 9.38. The lowest BCUT2D eigenvalue weighted by Crippen LogP contribution is -2.38. The third-order valence-electron chi connectivity index (χ3n) is 5.88. The largest absolute Gasteiger partial charge is 0.493 e. The number of rotatable bonds is 9. The highest BCUT2D eigenvalue weighted by atomic mass is 127. The van der Waals surface area contributed by atoms with Gasteiger partial charge < -0.3 is 20.1 Å². The van der Waals surface area contributed by atoms with E-state index in [1.165, 1.54) is 16.5 Å². The van der Waals surface area contributed by atoms with Crippen LogP contribution in [0.25, 0.3) is 10.9 Å². The topological polar surface area (TPSA) is 67.8 Å². The average molecular weight is 575 g/mol. The number of benzene rings is 2. The number of hydrogen-bond acceptors (Lipinski definition) is 4. The fourth-order valence-corrected chi connectivity index (χ4v) is 4.04. The van der Waals surface area contributed by atoms with Crippen molar-refractivity contribution in [2.75, 3.05) is 32.9 Å². The lowest BCUT2D eigenvalue weighted by Gasteiger charge is -2.15. The first kappa shape index (κ1) is 26.2. The minimum Gasteiger partial charge on any atom is -0.493 e. The normalized spacial score (nSPS) is 15.7. The molecule has 1 aliphatic heterocycles. The van der Waals surface area contributed by atoms with Crippen molar-refractivity contribution in [3.05, 3.63) is 71.4 Å². The number of nitrogens with zero attached hydrogens (tertiary/aromatic N) is 2. The molecule has 3 aromatic rings. The molecule has 0 aliphatic carbocycles. The summed E-state index contributed by atoms with van der Waals surface area (Å²) in [6, 6.07) is 16.8. The smallest absolute Gasteiger partial charge is 0.191 e. The van der Waals surface area contributed by atoms with Crippen molar-refractivity contribution in [1.82, 2.24) is 15.6 Å². The summed E-state index contributed by atoms with van der Waals surface area (Å²) in [5, 5.41) is 7.99. The predicted molar refractivity (Wildman–Crippen MR) is 149 cm³/mol. The lowest BCUT2D eigenvalue weighted by atomic mass is 10.1. The zero-order valence-corrected chi connectivity index (χ0v) is 22.4. The van der Waals surface area contributed by atoms with Gasteiger partial charge in [-0.2, -0.15) is 0 Å². The first-order chi connectivity index (χ1) is 16.2. The second-order valence-electron chi connectivity index (χ2n) is 8.52. The Kier molecular flexibility index (Phi) is 10.4. The molecule has 0 saturated carbocycles. The number of nitrogens with one attached hydrogen (secondary N) is 2. The van der Waals surface area contributed by atoms with E-state index >= 15 is 0 Å². The van der Waals surface area contributed by atoms with Gasteiger partial charge in [0.15, 0.2) is 5.96 Å². The fourth-order valence-electron chi connectivity index (χ4n) is 4.04. The first-order valence-electron chi connectivity index (χ1n) is 11.9. The highest BCUT2D eigenvalue weighted by molar-refractivity contribution is 14.0. The van der Waals surface area contributed by atoms with Crippen LogP contribution in [0.4, 0.5) is 0 Å². The maximum absolute atomic E-state index is 6.18. The predicted octanol–water partition coefficient (Wildman–Crippen LogP) is 4.87. The van der Waals surface area contributed by atoms with Crippen molar-refractivity contribution in [1.29, 1.82) is 0 Å². The zero-order valence-electron chi connectivity index (χ0n) is 20.0. The molecule has 2 heterocycles. The van der Waals surface area contributed by atoms with Gasteiger partial charge in [0, 0.05) is 42.8 Å². The standard InChI is InChI=1S/C27H34N4O2.HI/c1-3-28-27(30-14-11-23-7-4-6-22-8-5-13-29-26(22)23)31-17-24-10-9-20(2)16-25(24)33-19-21-12-15-32-18-21;/h4-10,13,16,21H,3,11-12,14-15,17-19H2,1-2H3,(H2,28,30,31);1H. The highest BCUT2D eigenvalue weighted by Crippen LogP contribution is 2.23. The number of para-hydroxylation sites is 1. The SMILES string of the molecule is CCNC(=NCc1ccc(C)cc1OCC1CCOC1)NCCc1cccc2cccnc12.I. The van der Waals surface area contributed by atoms with Crippen LogP contribution in [0.3, 0.4) is 0 Å². The van der Waals surface area contributed by atoms with Gasteiger partial charge in [0.1, 0.15) is 5.75 Å². The van der Waals surface area contributed by atoms with Gasteiger partial charge in [-0.15, -0.1) is 24.0 Å². The van der Waals surface area contributed by atoms with Crippen LogP contribution in [-0.2, 0) is 17.7 Å². The molecule has 1 unspecified atom stereocenters. The van der Waals surface area contributed by atoms with E-state index in [-0.39, 0.29) is 24.0 Å². The van der Waals surface area contributed by atoms with Gasteiger partial charge in [-0.1, -0.05) is 36.4 Å². The van der Waals surface area contributed by atoms with Crippen LogP contribution in [0.15, 0.2) is 59.7 Å². The molecule has 2 N–H and O–H groups in total. The minimum absolute atomic E-state index is 0. The minimum atomic E-state index is 0. The molecule has 4 rings (SSSR count). The van der Waals surface area contributed by atoms with Crippen molar-refractivity contribution in [3.63, 3.8) is 0 Å². The van der Waals surface area contributed by atoms with Crippen LogP contribution >= 0.6 is 24.0 Å². The quantitative estimate of drug-likeness (QED) is 0.217. The van der Waals surface area contributed by atoms with Crippen molar-refractivity contribution < 1.29 is 9.47 Å². The Balaban J connectivity index is 0.00000324. The summed E-state index contributed by atoms with van der Waals surface area (Å²) in [5.74, 6) is 2.20. The van der Waals surface area contributed by atoms with E-state index in [4.69, 9.17) is 14.5 Å². The highest BCUT2D eigenvalue weighted by Gasteiger charge is 2.17. The summed E-state index contributed by atoms with van der Waals surface area (Å²) >= 11 is 0. The Bertz CT molecular complexity index is 1080. The summed E-state index contributed by atoms with van der Waals surface area (Å²) in [6.07, 6.45) is 3.80. The first-order valence-corrected chi connectivity index (χ1v) is 11.9. The molecule has 0 radical (unpaired) electrons. The van der Waals surface area contributed by atoms with Gasteiger partial charge in [0.25, 0.3) is 0 Å². The van der Waals surface area contributed by atoms with Crippen LogP contribution in [0, 0.1) is 12.8 Å². The fraction of sp³-hybridized carbons (Fsp3) is 0.407. The molecule has 0 bridgehead atoms. The van der Waals surface area contributed by atoms with Crippen LogP contribution in [0.1, 0.15) is 30.0 Å². The van der Waals surface area contributed by atoms with E-state index in [1.807, 2.05) is 12.3 Å². The lowest BCUT2D eigenvalue weighted by molar-refractivity contribution is 0.166. The number of aryl methyl sites for hydroxylation is 1. The number of guanidine groups is 1. The number of pyridine rings is 1. The molecular formula is C27H35IN4O2. The molecule has 0 amide bonds. The van der Waals surface area contributed by atoms with Crippen LogP contribution in [0.5, 0.6) is 5.75 Å². The molecule has 7 heteroatoms. The summed E-state index contributed by atoms with van der Waals surface area (Å²) in [5.41, 5.74) is 4.59. The molecule has 34 heavy (non-hydrogen) atoms. The third-order valence-corrected chi connectivity index (χ3v) is 5.88. The maximum atomic E-state index is 6.18. The molecule has 0 spiro atoms. The second kappa shape index (κ2) is 13.5. The molecule has 1 aromatic heterocycles. The molecule has 1 fully saturated rings. The van der Waals surface area contributed by atoms with Crippen molar-refractivity contribution in [2.45, 2.75) is 33.2 Å². The molecule has 2 aromatic carbocycles. The van der Waals surface area contributed by atoms with E-state index < -0.39 is 0 Å². The Morgan fingerprint density at radius 3 is 2.85 bits per heavy atom.